The fourth-order valence-electron chi connectivity index (χ4n) is 3.05. The summed E-state index contributed by atoms with van der Waals surface area (Å²) < 4.78 is 5.46. The maximum atomic E-state index is 12.3. The van der Waals surface area contributed by atoms with Gasteiger partial charge < -0.3 is 14.7 Å². The number of aliphatic hydroxyl groups excluding tert-OH is 1. The van der Waals surface area contributed by atoms with E-state index in [2.05, 4.69) is 0 Å². The molecule has 0 spiro atoms. The molecule has 0 saturated carbocycles. The Balaban J connectivity index is 2.13. The summed E-state index contributed by atoms with van der Waals surface area (Å²) in [4.78, 5) is 14.0. The third kappa shape index (κ3) is 4.61. The Kier molecular flexibility index (Phi) is 5.27. The van der Waals surface area contributed by atoms with Crippen LogP contribution >= 0.6 is 11.6 Å². The van der Waals surface area contributed by atoms with Gasteiger partial charge in [0.1, 0.15) is 5.60 Å². The Morgan fingerprint density at radius 1 is 1.43 bits per heavy atom. The van der Waals surface area contributed by atoms with Gasteiger partial charge in [0.25, 0.3) is 0 Å². The van der Waals surface area contributed by atoms with E-state index < -0.39 is 17.1 Å². The Labute approximate surface area is 143 Å². The van der Waals surface area contributed by atoms with Crippen molar-refractivity contribution in [3.05, 3.63) is 34.9 Å². The molecule has 1 fully saturated rings. The number of ether oxygens (including phenoxy) is 1. The summed E-state index contributed by atoms with van der Waals surface area (Å²) in [6.07, 6.45) is 0.695. The molecule has 23 heavy (non-hydrogen) atoms. The smallest absolute Gasteiger partial charge is 0.410 e. The largest absolute Gasteiger partial charge is 0.444 e. The molecular formula is C18H26ClNO3. The van der Waals surface area contributed by atoms with Crippen LogP contribution in [0.1, 0.15) is 52.2 Å². The van der Waals surface area contributed by atoms with E-state index in [0.717, 1.165) is 18.4 Å². The molecule has 1 heterocycles. The van der Waals surface area contributed by atoms with Crippen LogP contribution in [0.4, 0.5) is 4.79 Å². The van der Waals surface area contributed by atoms with Crippen LogP contribution in [0.2, 0.25) is 5.02 Å². The average Bonchev–Trinajstić information content (AvgIpc) is 2.44. The number of aliphatic hydroxyl groups is 1. The second-order valence-corrected chi connectivity index (χ2v) is 8.05. The van der Waals surface area contributed by atoms with Gasteiger partial charge in [0.2, 0.25) is 0 Å². The van der Waals surface area contributed by atoms with Gasteiger partial charge in [-0.15, -0.1) is 0 Å². The summed E-state index contributed by atoms with van der Waals surface area (Å²) in [5.74, 6) is 0. The summed E-state index contributed by atoms with van der Waals surface area (Å²) in [5, 5.41) is 11.4. The molecule has 1 aliphatic heterocycles. The highest BCUT2D eigenvalue weighted by molar-refractivity contribution is 6.30. The predicted octanol–water partition coefficient (Wildman–Crippen LogP) is 4.41. The zero-order valence-electron chi connectivity index (χ0n) is 14.3. The van der Waals surface area contributed by atoms with Gasteiger partial charge in [-0.2, -0.15) is 0 Å². The number of piperidine rings is 1. The number of nitrogens with zero attached hydrogens (tertiary/aromatic N) is 1. The topological polar surface area (TPSA) is 49.8 Å². The second kappa shape index (κ2) is 6.70. The standard InChI is InChI=1S/C18H26ClNO3/c1-17(2,3)23-16(22)20-10-6-9-18(4,12-20)15(21)13-7-5-8-14(19)11-13/h5,7-8,11,15,21H,6,9-10,12H2,1-4H3/t15-,18+/m0/s1. The number of hydrogen-bond acceptors (Lipinski definition) is 3. The van der Waals surface area contributed by atoms with Crippen molar-refractivity contribution in [2.45, 2.75) is 52.2 Å². The summed E-state index contributed by atoms with van der Waals surface area (Å²) in [5.41, 5.74) is -0.151. The lowest BCUT2D eigenvalue weighted by molar-refractivity contribution is -0.0346. The number of rotatable bonds is 2. The first-order chi connectivity index (χ1) is 10.6. The average molecular weight is 340 g/mol. The lowest BCUT2D eigenvalue weighted by atomic mass is 9.74. The van der Waals surface area contributed by atoms with Crippen LogP contribution < -0.4 is 0 Å². The van der Waals surface area contributed by atoms with Gasteiger partial charge in [-0.25, -0.2) is 4.79 Å². The summed E-state index contributed by atoms with van der Waals surface area (Å²) >= 11 is 6.03. The van der Waals surface area contributed by atoms with Gasteiger partial charge in [-0.1, -0.05) is 30.7 Å². The van der Waals surface area contributed by atoms with Crippen LogP contribution in [0.3, 0.4) is 0 Å². The molecule has 128 valence electrons. The molecule has 1 aromatic rings. The van der Waals surface area contributed by atoms with E-state index in [4.69, 9.17) is 16.3 Å². The zero-order chi connectivity index (χ0) is 17.3. The summed E-state index contributed by atoms with van der Waals surface area (Å²) in [7, 11) is 0. The van der Waals surface area contributed by atoms with E-state index in [0.29, 0.717) is 18.1 Å². The monoisotopic (exact) mass is 339 g/mol. The SMILES string of the molecule is CC(C)(C)OC(=O)N1CCC[C@@](C)([C@@H](O)c2cccc(Cl)c2)C1. The molecule has 4 nitrogen and oxygen atoms in total. The van der Waals surface area contributed by atoms with Gasteiger partial charge in [0.05, 0.1) is 6.10 Å². The number of carbonyl (C=O) groups is 1. The highest BCUT2D eigenvalue weighted by atomic mass is 35.5. The molecule has 0 radical (unpaired) electrons. The van der Waals surface area contributed by atoms with E-state index in [1.165, 1.54) is 0 Å². The van der Waals surface area contributed by atoms with Gasteiger partial charge in [0, 0.05) is 23.5 Å². The highest BCUT2D eigenvalue weighted by Gasteiger charge is 2.40. The van der Waals surface area contributed by atoms with Crippen molar-refractivity contribution in [2.75, 3.05) is 13.1 Å². The third-order valence-electron chi connectivity index (χ3n) is 4.20. The third-order valence-corrected chi connectivity index (χ3v) is 4.44. The molecule has 2 rings (SSSR count). The van der Waals surface area contributed by atoms with Crippen LogP contribution in [0.5, 0.6) is 0 Å². The lowest BCUT2D eigenvalue weighted by Crippen LogP contribution is -2.48. The van der Waals surface area contributed by atoms with Crippen LogP contribution in [0.15, 0.2) is 24.3 Å². The number of amides is 1. The number of benzene rings is 1. The van der Waals surface area contributed by atoms with E-state index >= 15 is 0 Å². The Bertz CT molecular complexity index is 570. The van der Waals surface area contributed by atoms with Crippen molar-refractivity contribution in [2.24, 2.45) is 5.41 Å². The first-order valence-electron chi connectivity index (χ1n) is 8.02. The fourth-order valence-corrected chi connectivity index (χ4v) is 3.25. The minimum atomic E-state index is -0.675. The molecule has 0 bridgehead atoms. The first kappa shape index (κ1) is 18.1. The zero-order valence-corrected chi connectivity index (χ0v) is 15.1. The molecule has 1 saturated heterocycles. The maximum Gasteiger partial charge on any atom is 0.410 e. The minimum Gasteiger partial charge on any atom is -0.444 e. The molecule has 1 N–H and O–H groups in total. The van der Waals surface area contributed by atoms with Gasteiger partial charge in [-0.3, -0.25) is 0 Å². The minimum absolute atomic E-state index is 0.318. The van der Waals surface area contributed by atoms with Crippen molar-refractivity contribution < 1.29 is 14.6 Å². The van der Waals surface area contributed by atoms with E-state index in [1.54, 1.807) is 17.0 Å². The van der Waals surface area contributed by atoms with Gasteiger partial charge >= 0.3 is 6.09 Å². The number of halogens is 1. The van der Waals surface area contributed by atoms with Crippen molar-refractivity contribution in [3.63, 3.8) is 0 Å². The number of likely N-dealkylation sites (tertiary alicyclic amines) is 1. The normalized spacial score (nSPS) is 23.5. The molecule has 2 atom stereocenters. The van der Waals surface area contributed by atoms with Crippen molar-refractivity contribution in [3.8, 4) is 0 Å². The Morgan fingerprint density at radius 3 is 2.74 bits per heavy atom. The predicted molar refractivity (Wildman–Crippen MR) is 91.6 cm³/mol. The molecule has 5 heteroatoms. The van der Waals surface area contributed by atoms with Gasteiger partial charge in [0.15, 0.2) is 0 Å². The van der Waals surface area contributed by atoms with Gasteiger partial charge in [-0.05, 0) is 51.3 Å². The van der Waals surface area contributed by atoms with Crippen LogP contribution in [0, 0.1) is 5.41 Å². The van der Waals surface area contributed by atoms with E-state index in [9.17, 15) is 9.90 Å². The molecule has 0 aliphatic carbocycles. The van der Waals surface area contributed by atoms with Crippen molar-refractivity contribution in [1.82, 2.24) is 4.90 Å². The summed E-state index contributed by atoms with van der Waals surface area (Å²) in [6.45, 7) is 8.70. The Hall–Kier alpha value is -1.26. The fraction of sp³-hybridized carbons (Fsp3) is 0.611. The highest BCUT2D eigenvalue weighted by Crippen LogP contribution is 2.41. The van der Waals surface area contributed by atoms with Crippen molar-refractivity contribution >= 4 is 17.7 Å². The van der Waals surface area contributed by atoms with E-state index in [1.807, 2.05) is 39.8 Å². The number of carbonyl (C=O) groups excluding carboxylic acids is 1. The van der Waals surface area contributed by atoms with Crippen molar-refractivity contribution in [1.29, 1.82) is 0 Å². The van der Waals surface area contributed by atoms with Crippen LogP contribution in [-0.2, 0) is 4.74 Å². The molecule has 1 aromatic carbocycles. The maximum absolute atomic E-state index is 12.3. The van der Waals surface area contributed by atoms with Crippen LogP contribution in [0.25, 0.3) is 0 Å². The first-order valence-corrected chi connectivity index (χ1v) is 8.40. The molecule has 0 unspecified atom stereocenters. The summed E-state index contributed by atoms with van der Waals surface area (Å²) in [6, 6.07) is 7.27. The lowest BCUT2D eigenvalue weighted by Gasteiger charge is -2.43. The van der Waals surface area contributed by atoms with Crippen LogP contribution in [-0.4, -0.2) is 34.8 Å². The van der Waals surface area contributed by atoms with E-state index in [-0.39, 0.29) is 6.09 Å². The number of hydrogen-bond donors (Lipinski definition) is 1. The molecular weight excluding hydrogens is 314 g/mol. The molecule has 1 aliphatic rings. The molecule has 0 aromatic heterocycles. The quantitative estimate of drug-likeness (QED) is 0.868. The Morgan fingerprint density at radius 2 is 2.13 bits per heavy atom. The second-order valence-electron chi connectivity index (χ2n) is 7.62. The molecule has 1 amide bonds.